The predicted molar refractivity (Wildman–Crippen MR) is 75.5 cm³/mol. The molecule has 2 aromatic rings. The quantitative estimate of drug-likeness (QED) is 0.838. The first-order chi connectivity index (χ1) is 8.56. The van der Waals surface area contributed by atoms with Gasteiger partial charge in [0.15, 0.2) is 0 Å². The van der Waals surface area contributed by atoms with E-state index in [9.17, 15) is 4.79 Å². The first kappa shape index (κ1) is 12.6. The first-order valence-corrected chi connectivity index (χ1v) is 6.15. The normalized spacial score (nSPS) is 10.1. The summed E-state index contributed by atoms with van der Waals surface area (Å²) in [5.74, 6) is -0.259. The summed E-state index contributed by atoms with van der Waals surface area (Å²) >= 11 is 3.36. The molecule has 0 unspecified atom stereocenters. The Morgan fingerprint density at radius 1 is 1.33 bits per heavy atom. The van der Waals surface area contributed by atoms with Crippen molar-refractivity contribution in [2.45, 2.75) is 6.92 Å². The lowest BCUT2D eigenvalue weighted by atomic mass is 10.2. The Labute approximate surface area is 113 Å². The molecule has 18 heavy (non-hydrogen) atoms. The van der Waals surface area contributed by atoms with Gasteiger partial charge in [-0.05, 0) is 53.2 Å². The second-order valence-electron chi connectivity index (χ2n) is 3.86. The van der Waals surface area contributed by atoms with E-state index < -0.39 is 0 Å². The molecule has 0 fully saturated rings. The van der Waals surface area contributed by atoms with Gasteiger partial charge in [0.1, 0.15) is 5.69 Å². The van der Waals surface area contributed by atoms with Crippen LogP contribution in [0, 0.1) is 6.92 Å². The van der Waals surface area contributed by atoms with Crippen molar-refractivity contribution in [3.63, 3.8) is 0 Å². The maximum absolute atomic E-state index is 12.0. The number of amides is 1. The molecule has 1 aromatic carbocycles. The zero-order valence-electron chi connectivity index (χ0n) is 9.77. The molecule has 0 saturated carbocycles. The third-order valence-corrected chi connectivity index (χ3v) is 3.05. The van der Waals surface area contributed by atoms with Crippen molar-refractivity contribution in [1.82, 2.24) is 4.98 Å². The van der Waals surface area contributed by atoms with E-state index in [0.717, 1.165) is 10.2 Å². The Bertz CT molecular complexity index is 599. The van der Waals surface area contributed by atoms with Gasteiger partial charge >= 0.3 is 0 Å². The van der Waals surface area contributed by atoms with Crippen LogP contribution in [0.4, 0.5) is 11.4 Å². The number of carbonyl (C=O) groups is 1. The van der Waals surface area contributed by atoms with Gasteiger partial charge in [-0.15, -0.1) is 0 Å². The van der Waals surface area contributed by atoms with E-state index >= 15 is 0 Å². The minimum Gasteiger partial charge on any atom is -0.399 e. The van der Waals surface area contributed by atoms with Gasteiger partial charge in [-0.25, -0.2) is 4.98 Å². The summed E-state index contributed by atoms with van der Waals surface area (Å²) in [5.41, 5.74) is 8.07. The number of aryl methyl sites for hydroxylation is 1. The molecule has 0 spiro atoms. The second kappa shape index (κ2) is 5.18. The smallest absolute Gasteiger partial charge is 0.274 e. The molecule has 92 valence electrons. The van der Waals surface area contributed by atoms with E-state index in [-0.39, 0.29) is 5.91 Å². The zero-order valence-corrected chi connectivity index (χ0v) is 11.4. The number of hydrogen-bond acceptors (Lipinski definition) is 3. The third kappa shape index (κ3) is 2.87. The van der Waals surface area contributed by atoms with Crippen LogP contribution >= 0.6 is 15.9 Å². The van der Waals surface area contributed by atoms with E-state index in [4.69, 9.17) is 5.73 Å². The lowest BCUT2D eigenvalue weighted by Gasteiger charge is -2.08. The number of carbonyl (C=O) groups excluding carboxylic acids is 1. The maximum Gasteiger partial charge on any atom is 0.274 e. The minimum atomic E-state index is -0.259. The summed E-state index contributed by atoms with van der Waals surface area (Å²) in [5, 5.41) is 2.77. The van der Waals surface area contributed by atoms with E-state index in [1.807, 2.05) is 13.0 Å². The van der Waals surface area contributed by atoms with Crippen molar-refractivity contribution in [3.05, 3.63) is 52.3 Å². The first-order valence-electron chi connectivity index (χ1n) is 5.36. The molecule has 0 bridgehead atoms. The summed E-state index contributed by atoms with van der Waals surface area (Å²) in [6, 6.07) is 10.5. The molecule has 4 nitrogen and oxygen atoms in total. The molecule has 0 aliphatic rings. The summed E-state index contributed by atoms with van der Waals surface area (Å²) in [7, 11) is 0. The molecule has 0 radical (unpaired) electrons. The van der Waals surface area contributed by atoms with E-state index in [0.29, 0.717) is 17.1 Å². The molecule has 1 aromatic heterocycles. The Morgan fingerprint density at radius 3 is 2.83 bits per heavy atom. The van der Waals surface area contributed by atoms with Crippen molar-refractivity contribution in [2.24, 2.45) is 0 Å². The van der Waals surface area contributed by atoms with Gasteiger partial charge in [0.05, 0.1) is 5.69 Å². The fraction of sp³-hybridized carbons (Fsp3) is 0.0769. The van der Waals surface area contributed by atoms with Gasteiger partial charge in [-0.1, -0.05) is 6.07 Å². The standard InChI is InChI=1S/C13H12BrN3O/c1-8-3-2-4-11(16-8)13(18)17-12-7-9(15)5-6-10(12)14/h2-7H,15H2,1H3,(H,17,18). The van der Waals surface area contributed by atoms with E-state index in [1.54, 1.807) is 30.3 Å². The maximum atomic E-state index is 12.0. The molecule has 1 heterocycles. The van der Waals surface area contributed by atoms with Crippen LogP contribution in [0.3, 0.4) is 0 Å². The van der Waals surface area contributed by atoms with Crippen LogP contribution in [0.15, 0.2) is 40.9 Å². The van der Waals surface area contributed by atoms with Crippen LogP contribution < -0.4 is 11.1 Å². The van der Waals surface area contributed by atoms with E-state index in [2.05, 4.69) is 26.2 Å². The van der Waals surface area contributed by atoms with Crippen LogP contribution in [0.2, 0.25) is 0 Å². The molecular weight excluding hydrogens is 294 g/mol. The summed E-state index contributed by atoms with van der Waals surface area (Å²) in [6.45, 7) is 1.84. The van der Waals surface area contributed by atoms with Crippen LogP contribution in [-0.4, -0.2) is 10.9 Å². The van der Waals surface area contributed by atoms with Gasteiger partial charge in [0, 0.05) is 15.9 Å². The number of nitrogens with zero attached hydrogens (tertiary/aromatic N) is 1. The fourth-order valence-corrected chi connectivity index (χ4v) is 1.84. The van der Waals surface area contributed by atoms with Crippen molar-refractivity contribution in [2.75, 3.05) is 11.1 Å². The van der Waals surface area contributed by atoms with Gasteiger partial charge in [0.25, 0.3) is 5.91 Å². The molecule has 3 N–H and O–H groups in total. The van der Waals surface area contributed by atoms with Gasteiger partial charge < -0.3 is 11.1 Å². The van der Waals surface area contributed by atoms with Crippen LogP contribution in [0.1, 0.15) is 16.2 Å². The largest absolute Gasteiger partial charge is 0.399 e. The van der Waals surface area contributed by atoms with Gasteiger partial charge in [0.2, 0.25) is 0 Å². The number of rotatable bonds is 2. The number of aromatic nitrogens is 1. The summed E-state index contributed by atoms with van der Waals surface area (Å²) in [4.78, 5) is 16.2. The number of benzene rings is 1. The van der Waals surface area contributed by atoms with E-state index in [1.165, 1.54) is 0 Å². The number of anilines is 2. The monoisotopic (exact) mass is 305 g/mol. The number of pyridine rings is 1. The van der Waals surface area contributed by atoms with Crippen LogP contribution in [0.25, 0.3) is 0 Å². The molecule has 2 rings (SSSR count). The number of nitrogen functional groups attached to an aromatic ring is 1. The Hall–Kier alpha value is -1.88. The lowest BCUT2D eigenvalue weighted by molar-refractivity contribution is 0.102. The highest BCUT2D eigenvalue weighted by molar-refractivity contribution is 9.10. The molecule has 5 heteroatoms. The topological polar surface area (TPSA) is 68.0 Å². The highest BCUT2D eigenvalue weighted by atomic mass is 79.9. The number of halogens is 1. The molecular formula is C13H12BrN3O. The fourth-order valence-electron chi connectivity index (χ4n) is 1.49. The SMILES string of the molecule is Cc1cccc(C(=O)Nc2cc(N)ccc2Br)n1. The number of nitrogens with one attached hydrogen (secondary N) is 1. The molecule has 0 saturated heterocycles. The van der Waals surface area contributed by atoms with Crippen molar-refractivity contribution in [3.8, 4) is 0 Å². The van der Waals surface area contributed by atoms with Crippen molar-refractivity contribution >= 4 is 33.2 Å². The second-order valence-corrected chi connectivity index (χ2v) is 4.71. The molecule has 0 aliphatic heterocycles. The Morgan fingerprint density at radius 2 is 2.11 bits per heavy atom. The highest BCUT2D eigenvalue weighted by Crippen LogP contribution is 2.24. The van der Waals surface area contributed by atoms with Crippen molar-refractivity contribution in [1.29, 1.82) is 0 Å². The highest BCUT2D eigenvalue weighted by Gasteiger charge is 2.09. The third-order valence-electron chi connectivity index (χ3n) is 2.36. The summed E-state index contributed by atoms with van der Waals surface area (Å²) in [6.07, 6.45) is 0. The Kier molecular flexibility index (Phi) is 3.62. The number of hydrogen-bond donors (Lipinski definition) is 2. The zero-order chi connectivity index (χ0) is 13.1. The van der Waals surface area contributed by atoms with Crippen LogP contribution in [-0.2, 0) is 0 Å². The van der Waals surface area contributed by atoms with Gasteiger partial charge in [-0.3, -0.25) is 4.79 Å². The lowest BCUT2D eigenvalue weighted by Crippen LogP contribution is -2.14. The Balaban J connectivity index is 2.24. The molecule has 0 atom stereocenters. The average Bonchev–Trinajstić information content (AvgIpc) is 2.34. The van der Waals surface area contributed by atoms with Crippen molar-refractivity contribution < 1.29 is 4.79 Å². The molecule has 0 aliphatic carbocycles. The summed E-state index contributed by atoms with van der Waals surface area (Å²) < 4.78 is 0.776. The van der Waals surface area contributed by atoms with Crippen LogP contribution in [0.5, 0.6) is 0 Å². The predicted octanol–water partition coefficient (Wildman–Crippen LogP) is 2.99. The average molecular weight is 306 g/mol. The molecule has 1 amide bonds. The minimum absolute atomic E-state index is 0.259. The number of nitrogens with two attached hydrogens (primary N) is 1. The van der Waals surface area contributed by atoms with Gasteiger partial charge in [-0.2, -0.15) is 0 Å².